The lowest BCUT2D eigenvalue weighted by molar-refractivity contribution is -0.140. The van der Waals surface area contributed by atoms with Crippen LogP contribution in [0.4, 0.5) is 4.79 Å². The van der Waals surface area contributed by atoms with Crippen LogP contribution in [0.25, 0.3) is 0 Å². The van der Waals surface area contributed by atoms with Gasteiger partial charge in [-0.2, -0.15) is 11.8 Å². The second-order valence-electron chi connectivity index (χ2n) is 3.27. The van der Waals surface area contributed by atoms with Crippen LogP contribution in [0.5, 0.6) is 0 Å². The molecule has 1 N–H and O–H groups in total. The highest BCUT2D eigenvalue weighted by Gasteiger charge is 2.35. The molecule has 1 saturated heterocycles. The van der Waals surface area contributed by atoms with E-state index in [1.807, 2.05) is 11.6 Å². The third-order valence-corrected chi connectivity index (χ3v) is 2.83. The second-order valence-corrected chi connectivity index (χ2v) is 4.26. The van der Waals surface area contributed by atoms with Crippen molar-refractivity contribution in [2.75, 3.05) is 18.6 Å². The van der Waals surface area contributed by atoms with Gasteiger partial charge in [0.05, 0.1) is 0 Å². The number of imide groups is 2. The zero-order chi connectivity index (χ0) is 11.3. The van der Waals surface area contributed by atoms with Crippen molar-refractivity contribution in [3.05, 3.63) is 0 Å². The number of hydrogen-bond acceptors (Lipinski definition) is 4. The Morgan fingerprint density at radius 2 is 1.93 bits per heavy atom. The first-order valence-corrected chi connectivity index (χ1v) is 6.22. The van der Waals surface area contributed by atoms with Gasteiger partial charge < -0.3 is 0 Å². The Morgan fingerprint density at radius 1 is 1.20 bits per heavy atom. The fraction of sp³-hybridized carbons (Fsp3) is 0.667. The molecule has 0 aromatic heterocycles. The summed E-state index contributed by atoms with van der Waals surface area (Å²) in [6.07, 6.45) is 4.83. The lowest BCUT2D eigenvalue weighted by atomic mass is 10.2. The van der Waals surface area contributed by atoms with Gasteiger partial charge in [0.25, 0.3) is 0 Å². The van der Waals surface area contributed by atoms with Crippen LogP contribution in [-0.2, 0) is 9.59 Å². The molecule has 1 heterocycles. The van der Waals surface area contributed by atoms with E-state index in [1.165, 1.54) is 0 Å². The first-order valence-electron chi connectivity index (χ1n) is 4.82. The number of carbonyl (C=O) groups excluding carboxylic acids is 3. The molecule has 5 nitrogen and oxygen atoms in total. The number of hydrogen-bond donors (Lipinski definition) is 1. The number of nitrogens with zero attached hydrogens (tertiary/aromatic N) is 1. The van der Waals surface area contributed by atoms with Crippen LogP contribution in [0.1, 0.15) is 19.3 Å². The number of amides is 4. The summed E-state index contributed by atoms with van der Waals surface area (Å²) in [6.45, 7) is 0.338. The van der Waals surface area contributed by atoms with Crippen LogP contribution >= 0.6 is 11.8 Å². The van der Waals surface area contributed by atoms with Crippen molar-refractivity contribution in [2.24, 2.45) is 0 Å². The molecule has 0 saturated carbocycles. The van der Waals surface area contributed by atoms with E-state index < -0.39 is 17.8 Å². The molecule has 1 aliphatic rings. The molecular formula is C9H14N2O3S. The molecule has 0 bridgehead atoms. The van der Waals surface area contributed by atoms with Gasteiger partial charge >= 0.3 is 17.8 Å². The molecule has 0 aliphatic carbocycles. The average molecular weight is 230 g/mol. The van der Waals surface area contributed by atoms with E-state index in [1.54, 1.807) is 11.8 Å². The van der Waals surface area contributed by atoms with E-state index in [0.717, 1.165) is 29.9 Å². The summed E-state index contributed by atoms with van der Waals surface area (Å²) in [7, 11) is 0. The van der Waals surface area contributed by atoms with Crippen LogP contribution in [-0.4, -0.2) is 41.3 Å². The summed E-state index contributed by atoms with van der Waals surface area (Å²) in [5.74, 6) is -0.465. The lowest BCUT2D eigenvalue weighted by Gasteiger charge is -2.10. The monoisotopic (exact) mass is 230 g/mol. The SMILES string of the molecule is CSCCCCCN1C(=O)NC(=O)C1=O. The Hall–Kier alpha value is -1.04. The van der Waals surface area contributed by atoms with Crippen molar-refractivity contribution < 1.29 is 14.4 Å². The summed E-state index contributed by atoms with van der Waals surface area (Å²) >= 11 is 1.77. The van der Waals surface area contributed by atoms with Crippen LogP contribution in [0.2, 0.25) is 0 Å². The predicted octanol–water partition coefficient (Wildman–Crippen LogP) is 0.598. The summed E-state index contributed by atoms with van der Waals surface area (Å²) in [6, 6.07) is -0.588. The zero-order valence-electron chi connectivity index (χ0n) is 8.62. The third kappa shape index (κ3) is 3.23. The van der Waals surface area contributed by atoms with E-state index in [9.17, 15) is 14.4 Å². The average Bonchev–Trinajstić information content (AvgIpc) is 2.44. The summed E-state index contributed by atoms with van der Waals surface area (Å²) in [5.41, 5.74) is 0. The molecule has 0 aromatic rings. The molecule has 84 valence electrons. The van der Waals surface area contributed by atoms with Gasteiger partial charge in [-0.25, -0.2) is 4.79 Å². The summed E-state index contributed by atoms with van der Waals surface area (Å²) < 4.78 is 0. The zero-order valence-corrected chi connectivity index (χ0v) is 9.43. The van der Waals surface area contributed by atoms with Crippen molar-refractivity contribution in [2.45, 2.75) is 19.3 Å². The number of thioether (sulfide) groups is 1. The standard InChI is InChI=1S/C9H14N2O3S/c1-15-6-4-2-3-5-11-8(13)7(12)10-9(11)14/h2-6H2,1H3,(H,10,12,14). The molecule has 6 heteroatoms. The van der Waals surface area contributed by atoms with E-state index in [4.69, 9.17) is 0 Å². The molecule has 0 radical (unpaired) electrons. The summed E-state index contributed by atoms with van der Waals surface area (Å²) in [5, 5.41) is 1.96. The molecular weight excluding hydrogens is 216 g/mol. The van der Waals surface area contributed by atoms with Gasteiger partial charge in [0.1, 0.15) is 0 Å². The van der Waals surface area contributed by atoms with Gasteiger partial charge in [0, 0.05) is 6.54 Å². The fourth-order valence-corrected chi connectivity index (χ4v) is 1.82. The molecule has 1 fully saturated rings. The van der Waals surface area contributed by atoms with E-state index in [-0.39, 0.29) is 0 Å². The predicted molar refractivity (Wildman–Crippen MR) is 57.5 cm³/mol. The van der Waals surface area contributed by atoms with Gasteiger partial charge in [-0.05, 0) is 24.9 Å². The molecule has 1 aliphatic heterocycles. The smallest absolute Gasteiger partial charge is 0.269 e. The number of urea groups is 1. The Balaban J connectivity index is 2.24. The molecule has 15 heavy (non-hydrogen) atoms. The fourth-order valence-electron chi connectivity index (χ4n) is 1.33. The maximum Gasteiger partial charge on any atom is 0.331 e. The minimum Gasteiger partial charge on any atom is -0.269 e. The van der Waals surface area contributed by atoms with Gasteiger partial charge in [-0.1, -0.05) is 6.42 Å². The van der Waals surface area contributed by atoms with Crippen LogP contribution < -0.4 is 5.32 Å². The Labute approximate surface area is 92.6 Å². The highest BCUT2D eigenvalue weighted by molar-refractivity contribution is 7.98. The first-order chi connectivity index (χ1) is 7.16. The number of rotatable bonds is 6. The maximum absolute atomic E-state index is 11.1. The molecule has 0 spiro atoms. The minimum atomic E-state index is -0.816. The molecule has 4 amide bonds. The van der Waals surface area contributed by atoms with Crippen molar-refractivity contribution in [1.82, 2.24) is 10.2 Å². The Morgan fingerprint density at radius 3 is 2.47 bits per heavy atom. The Bertz CT molecular complexity index is 281. The first kappa shape index (κ1) is 12.0. The lowest BCUT2D eigenvalue weighted by Crippen LogP contribution is -2.31. The van der Waals surface area contributed by atoms with Gasteiger partial charge in [-0.3, -0.25) is 19.8 Å². The summed E-state index contributed by atoms with van der Waals surface area (Å²) in [4.78, 5) is 34.0. The third-order valence-electron chi connectivity index (χ3n) is 2.14. The number of unbranched alkanes of at least 4 members (excludes halogenated alkanes) is 2. The Kier molecular flexibility index (Phi) is 4.61. The topological polar surface area (TPSA) is 66.5 Å². The molecule has 0 unspecified atom stereocenters. The highest BCUT2D eigenvalue weighted by Crippen LogP contribution is 2.06. The van der Waals surface area contributed by atoms with E-state index in [2.05, 4.69) is 0 Å². The number of carbonyl (C=O) groups is 3. The van der Waals surface area contributed by atoms with Crippen LogP contribution in [0, 0.1) is 0 Å². The van der Waals surface area contributed by atoms with E-state index >= 15 is 0 Å². The largest absolute Gasteiger partial charge is 0.331 e. The van der Waals surface area contributed by atoms with Crippen molar-refractivity contribution in [3.8, 4) is 0 Å². The number of nitrogens with one attached hydrogen (secondary N) is 1. The minimum absolute atomic E-state index is 0.338. The molecule has 0 atom stereocenters. The van der Waals surface area contributed by atoms with Crippen molar-refractivity contribution in [3.63, 3.8) is 0 Å². The van der Waals surface area contributed by atoms with Crippen LogP contribution in [0.15, 0.2) is 0 Å². The van der Waals surface area contributed by atoms with Gasteiger partial charge in [0.15, 0.2) is 0 Å². The quantitative estimate of drug-likeness (QED) is 0.412. The highest BCUT2D eigenvalue weighted by atomic mass is 32.2. The van der Waals surface area contributed by atoms with Gasteiger partial charge in [0.2, 0.25) is 0 Å². The molecule has 1 rings (SSSR count). The van der Waals surface area contributed by atoms with Crippen molar-refractivity contribution in [1.29, 1.82) is 0 Å². The molecule has 0 aromatic carbocycles. The van der Waals surface area contributed by atoms with Crippen molar-refractivity contribution >= 4 is 29.6 Å². The van der Waals surface area contributed by atoms with Gasteiger partial charge in [-0.15, -0.1) is 0 Å². The van der Waals surface area contributed by atoms with E-state index in [0.29, 0.717) is 6.54 Å². The maximum atomic E-state index is 11.1. The second kappa shape index (κ2) is 5.75. The normalized spacial score (nSPS) is 16.1. The van der Waals surface area contributed by atoms with Crippen LogP contribution in [0.3, 0.4) is 0 Å².